The van der Waals surface area contributed by atoms with Crippen LogP contribution >= 0.6 is 11.8 Å². The zero-order chi connectivity index (χ0) is 28.1. The Balaban J connectivity index is 1.26. The smallest absolute Gasteiger partial charge is 0.259 e. The summed E-state index contributed by atoms with van der Waals surface area (Å²) in [6.07, 6.45) is 6.43. The molecule has 0 spiro atoms. The number of fused-ring (bicyclic) bond motifs is 3. The Morgan fingerprint density at radius 2 is 1.85 bits per heavy atom. The van der Waals surface area contributed by atoms with Gasteiger partial charge in [0.2, 0.25) is 11.8 Å². The van der Waals surface area contributed by atoms with E-state index in [1.54, 1.807) is 12.1 Å². The van der Waals surface area contributed by atoms with Crippen LogP contribution in [0.5, 0.6) is 0 Å². The quantitative estimate of drug-likeness (QED) is 0.456. The summed E-state index contributed by atoms with van der Waals surface area (Å²) >= 11 is 1.30. The molecule has 3 amide bonds. The van der Waals surface area contributed by atoms with E-state index in [-0.39, 0.29) is 49.0 Å². The Bertz CT molecular complexity index is 1320. The number of carbonyl (C=O) groups excluding carboxylic acids is 3. The third-order valence-electron chi connectivity index (χ3n) is 7.46. The number of hydrogen-bond acceptors (Lipinski definition) is 6. The van der Waals surface area contributed by atoms with Gasteiger partial charge in [-0.25, -0.2) is 14.3 Å². The van der Waals surface area contributed by atoms with E-state index < -0.39 is 11.3 Å². The van der Waals surface area contributed by atoms with Crippen molar-refractivity contribution >= 4 is 46.2 Å². The number of hydrogen-bond donors (Lipinski definition) is 2. The molecule has 5 rings (SSSR count). The molecule has 0 aromatic heterocycles. The van der Waals surface area contributed by atoms with Crippen LogP contribution in [-0.4, -0.2) is 51.0 Å². The zero-order valence-corrected chi connectivity index (χ0v) is 23.4. The second-order valence-corrected chi connectivity index (χ2v) is 11.5. The molecule has 2 heterocycles. The fraction of sp³-hybridized carbons (Fsp3) is 0.433. The fourth-order valence-electron chi connectivity index (χ4n) is 5.22. The number of para-hydroxylation sites is 1. The molecule has 2 aromatic carbocycles. The van der Waals surface area contributed by atoms with Gasteiger partial charge in [-0.2, -0.15) is 0 Å². The molecular weight excluding hydrogens is 529 g/mol. The van der Waals surface area contributed by atoms with Crippen molar-refractivity contribution in [2.45, 2.75) is 82.2 Å². The molecule has 0 saturated heterocycles. The highest BCUT2D eigenvalue weighted by atomic mass is 32.2. The lowest BCUT2D eigenvalue weighted by Crippen LogP contribution is -2.45. The van der Waals surface area contributed by atoms with Crippen molar-refractivity contribution in [3.05, 3.63) is 65.5 Å². The first-order valence-corrected chi connectivity index (χ1v) is 14.9. The van der Waals surface area contributed by atoms with Crippen LogP contribution in [0.3, 0.4) is 0 Å². The zero-order valence-electron chi connectivity index (χ0n) is 22.6. The number of benzene rings is 2. The number of rotatable bonds is 9. The van der Waals surface area contributed by atoms with E-state index in [1.165, 1.54) is 35.2 Å². The maximum Gasteiger partial charge on any atom is 0.259 e. The maximum absolute atomic E-state index is 13.6. The molecule has 8 nitrogen and oxygen atoms in total. The van der Waals surface area contributed by atoms with Gasteiger partial charge >= 0.3 is 0 Å². The molecule has 0 unspecified atom stereocenters. The first-order valence-electron chi connectivity index (χ1n) is 14.0. The van der Waals surface area contributed by atoms with E-state index in [0.29, 0.717) is 23.1 Å². The molecule has 40 heavy (non-hydrogen) atoms. The average molecular weight is 564 g/mol. The number of nitrogens with one attached hydrogen (secondary N) is 2. The minimum Gasteiger partial charge on any atom is -0.352 e. The van der Waals surface area contributed by atoms with Crippen molar-refractivity contribution < 1.29 is 18.8 Å². The van der Waals surface area contributed by atoms with Gasteiger partial charge in [0.15, 0.2) is 5.17 Å². The van der Waals surface area contributed by atoms with Crippen LogP contribution in [0.1, 0.15) is 69.4 Å². The Morgan fingerprint density at radius 1 is 1.10 bits per heavy atom. The van der Waals surface area contributed by atoms with Crippen LogP contribution in [-0.2, 0) is 20.9 Å². The number of halogens is 1. The molecule has 2 aliphatic heterocycles. The molecule has 0 bridgehead atoms. The highest BCUT2D eigenvalue weighted by molar-refractivity contribution is 8.15. The summed E-state index contributed by atoms with van der Waals surface area (Å²) in [5, 5.41) is 6.07. The number of amidine groups is 2. The summed E-state index contributed by atoms with van der Waals surface area (Å²) in [5.74, 6) is -0.304. The monoisotopic (exact) mass is 563 g/mol. The van der Waals surface area contributed by atoms with Gasteiger partial charge in [-0.3, -0.25) is 19.4 Å². The predicted octanol–water partition coefficient (Wildman–Crippen LogP) is 4.84. The van der Waals surface area contributed by atoms with Crippen molar-refractivity contribution in [3.8, 4) is 0 Å². The average Bonchev–Trinajstić information content (AvgIpc) is 3.31. The first kappa shape index (κ1) is 28.0. The Labute approximate surface area is 237 Å². The SMILES string of the molecule is CC[C@H](SC1=Nc2ccccc2C2=N[C@@H](CCC(=O)NCc3ccc(F)cc3)C(=O)N12)C(=O)NC1CCCCC1. The maximum atomic E-state index is 13.6. The number of nitrogens with zero attached hydrogens (tertiary/aromatic N) is 3. The standard InChI is InChI=1S/C30H34FN5O3S/c1-2-25(28(38)33-21-8-4-3-5-9-21)40-30-35-23-11-7-6-10-22(23)27-34-24(29(39)36(27)30)16-17-26(37)32-18-19-12-14-20(31)15-13-19/h6-7,10-15,21,24-25H,2-5,8-9,16-18H2,1H3,(H,32,37)(H,33,38)/t24-,25-/m0/s1. The van der Waals surface area contributed by atoms with Crippen molar-refractivity contribution in [2.24, 2.45) is 9.98 Å². The van der Waals surface area contributed by atoms with Gasteiger partial charge in [0.1, 0.15) is 17.7 Å². The normalized spacial score (nSPS) is 19.3. The lowest BCUT2D eigenvalue weighted by molar-refractivity contribution is -0.125. The molecule has 10 heteroatoms. The van der Waals surface area contributed by atoms with Gasteiger partial charge < -0.3 is 10.6 Å². The van der Waals surface area contributed by atoms with E-state index in [4.69, 9.17) is 9.98 Å². The number of carbonyl (C=O) groups is 3. The van der Waals surface area contributed by atoms with Crippen molar-refractivity contribution in [3.63, 3.8) is 0 Å². The summed E-state index contributed by atoms with van der Waals surface area (Å²) in [6.45, 7) is 2.24. The second-order valence-electron chi connectivity index (χ2n) is 10.4. The van der Waals surface area contributed by atoms with Crippen LogP contribution in [0.2, 0.25) is 0 Å². The molecule has 1 saturated carbocycles. The summed E-state index contributed by atoms with van der Waals surface area (Å²) in [4.78, 5) is 50.3. The van der Waals surface area contributed by atoms with E-state index >= 15 is 0 Å². The Morgan fingerprint density at radius 3 is 2.60 bits per heavy atom. The molecule has 210 valence electrons. The lowest BCUT2D eigenvalue weighted by Gasteiger charge is -2.29. The topological polar surface area (TPSA) is 103 Å². The third kappa shape index (κ3) is 6.43. The number of amides is 3. The summed E-state index contributed by atoms with van der Waals surface area (Å²) in [6, 6.07) is 12.9. The minimum absolute atomic E-state index is 0.0273. The molecule has 1 fully saturated rings. The minimum atomic E-state index is -0.723. The van der Waals surface area contributed by atoms with E-state index in [2.05, 4.69) is 10.6 Å². The van der Waals surface area contributed by atoms with Crippen LogP contribution in [0.15, 0.2) is 58.5 Å². The summed E-state index contributed by atoms with van der Waals surface area (Å²) < 4.78 is 13.1. The Hall–Kier alpha value is -3.53. The highest BCUT2D eigenvalue weighted by Gasteiger charge is 2.42. The van der Waals surface area contributed by atoms with E-state index in [0.717, 1.165) is 36.8 Å². The second kappa shape index (κ2) is 12.8. The van der Waals surface area contributed by atoms with Gasteiger partial charge in [-0.15, -0.1) is 0 Å². The molecular formula is C30H34FN5O3S. The molecule has 3 aliphatic rings. The van der Waals surface area contributed by atoms with Crippen molar-refractivity contribution in [1.29, 1.82) is 0 Å². The largest absolute Gasteiger partial charge is 0.352 e. The van der Waals surface area contributed by atoms with E-state index in [1.807, 2.05) is 31.2 Å². The fourth-order valence-corrected chi connectivity index (χ4v) is 6.25. The molecule has 2 N–H and O–H groups in total. The third-order valence-corrected chi connectivity index (χ3v) is 8.77. The van der Waals surface area contributed by atoms with Crippen LogP contribution in [0.4, 0.5) is 10.1 Å². The number of aliphatic imine (C=N–C) groups is 2. The van der Waals surface area contributed by atoms with Gasteiger partial charge in [0, 0.05) is 24.6 Å². The van der Waals surface area contributed by atoms with Crippen LogP contribution in [0.25, 0.3) is 0 Å². The van der Waals surface area contributed by atoms with Gasteiger partial charge in [0.25, 0.3) is 5.91 Å². The Kier molecular flexibility index (Phi) is 8.94. The first-order chi connectivity index (χ1) is 19.4. The predicted molar refractivity (Wildman–Crippen MR) is 155 cm³/mol. The van der Waals surface area contributed by atoms with Crippen molar-refractivity contribution in [1.82, 2.24) is 15.5 Å². The van der Waals surface area contributed by atoms with Crippen molar-refractivity contribution in [2.75, 3.05) is 0 Å². The van der Waals surface area contributed by atoms with Crippen LogP contribution < -0.4 is 10.6 Å². The van der Waals surface area contributed by atoms with E-state index in [9.17, 15) is 18.8 Å². The molecule has 2 aromatic rings. The number of thioether (sulfide) groups is 1. The molecule has 0 radical (unpaired) electrons. The molecule has 2 atom stereocenters. The van der Waals surface area contributed by atoms with Gasteiger partial charge in [0.05, 0.1) is 10.9 Å². The summed E-state index contributed by atoms with van der Waals surface area (Å²) in [5.41, 5.74) is 2.24. The van der Waals surface area contributed by atoms with Gasteiger partial charge in [-0.1, -0.05) is 62.2 Å². The lowest BCUT2D eigenvalue weighted by atomic mass is 9.95. The molecule has 1 aliphatic carbocycles. The van der Waals surface area contributed by atoms with Crippen LogP contribution in [0, 0.1) is 5.82 Å². The highest BCUT2D eigenvalue weighted by Crippen LogP contribution is 2.36. The summed E-state index contributed by atoms with van der Waals surface area (Å²) in [7, 11) is 0. The van der Waals surface area contributed by atoms with Gasteiger partial charge in [-0.05, 0) is 55.5 Å².